The molecule has 0 amide bonds. The molecule has 0 aromatic rings. The second-order valence-electron chi connectivity index (χ2n) is 5.99. The summed E-state index contributed by atoms with van der Waals surface area (Å²) in [7, 11) is 0. The molecule has 2 atom stereocenters. The Kier molecular flexibility index (Phi) is 4.51. The van der Waals surface area contributed by atoms with Crippen molar-refractivity contribution in [1.82, 2.24) is 0 Å². The van der Waals surface area contributed by atoms with Gasteiger partial charge in [0, 0.05) is 18.3 Å². The lowest BCUT2D eigenvalue weighted by atomic mass is 9.60. The van der Waals surface area contributed by atoms with Crippen LogP contribution in [0.4, 0.5) is 0 Å². The van der Waals surface area contributed by atoms with E-state index in [4.69, 9.17) is 5.11 Å². The Labute approximate surface area is 109 Å². The molecular formula is C15H24O3. The molecule has 102 valence electrons. The standard InChI is InChI=1S/C15H24O3/c1-11(6-8-16)5-7-15(18)12(2)9-13(17)10-14(15,3)4/h5-7,12,16,18H,8-10H2,1-4H3/b7-5+,11-6-/t12-,15?/m0/s1. The maximum atomic E-state index is 11.6. The van der Waals surface area contributed by atoms with Crippen molar-refractivity contribution in [2.75, 3.05) is 6.61 Å². The lowest BCUT2D eigenvalue weighted by molar-refractivity contribution is -0.142. The second kappa shape index (κ2) is 5.37. The number of ketones is 1. The van der Waals surface area contributed by atoms with Gasteiger partial charge in [0.25, 0.3) is 0 Å². The summed E-state index contributed by atoms with van der Waals surface area (Å²) in [5.41, 5.74) is -0.533. The molecule has 0 bridgehead atoms. The average molecular weight is 252 g/mol. The van der Waals surface area contributed by atoms with Crippen LogP contribution in [0.15, 0.2) is 23.8 Å². The summed E-state index contributed by atoms with van der Waals surface area (Å²) in [5.74, 6) is 0.125. The molecule has 1 unspecified atom stereocenters. The Morgan fingerprint density at radius 2 is 2.11 bits per heavy atom. The van der Waals surface area contributed by atoms with E-state index < -0.39 is 11.0 Å². The Bertz CT molecular complexity index is 379. The van der Waals surface area contributed by atoms with Crippen molar-refractivity contribution in [3.8, 4) is 0 Å². The number of hydrogen-bond acceptors (Lipinski definition) is 3. The quantitative estimate of drug-likeness (QED) is 0.757. The van der Waals surface area contributed by atoms with E-state index >= 15 is 0 Å². The molecule has 1 aliphatic rings. The van der Waals surface area contributed by atoms with Crippen molar-refractivity contribution in [1.29, 1.82) is 0 Å². The molecule has 0 aromatic heterocycles. The van der Waals surface area contributed by atoms with Gasteiger partial charge in [-0.15, -0.1) is 0 Å². The summed E-state index contributed by atoms with van der Waals surface area (Å²) in [5, 5.41) is 19.7. The van der Waals surface area contributed by atoms with E-state index in [1.54, 1.807) is 12.2 Å². The fourth-order valence-electron chi connectivity index (χ4n) is 2.73. The molecule has 1 fully saturated rings. The molecule has 18 heavy (non-hydrogen) atoms. The second-order valence-corrected chi connectivity index (χ2v) is 5.99. The van der Waals surface area contributed by atoms with Crippen LogP contribution in [-0.2, 0) is 4.79 Å². The molecule has 0 radical (unpaired) electrons. The van der Waals surface area contributed by atoms with E-state index in [2.05, 4.69) is 0 Å². The van der Waals surface area contributed by atoms with Crippen LogP contribution in [0.1, 0.15) is 40.5 Å². The number of rotatable bonds is 3. The van der Waals surface area contributed by atoms with E-state index in [0.29, 0.717) is 12.8 Å². The molecule has 0 saturated heterocycles. The van der Waals surface area contributed by atoms with Crippen LogP contribution in [-0.4, -0.2) is 28.2 Å². The molecule has 1 aliphatic carbocycles. The van der Waals surface area contributed by atoms with Crippen LogP contribution >= 0.6 is 0 Å². The number of allylic oxidation sites excluding steroid dienone is 2. The minimum Gasteiger partial charge on any atom is -0.392 e. The minimum absolute atomic E-state index is 0.00790. The van der Waals surface area contributed by atoms with Crippen molar-refractivity contribution in [2.24, 2.45) is 11.3 Å². The van der Waals surface area contributed by atoms with Crippen molar-refractivity contribution < 1.29 is 15.0 Å². The Hall–Kier alpha value is -0.930. The van der Waals surface area contributed by atoms with E-state index in [0.717, 1.165) is 5.57 Å². The molecule has 1 saturated carbocycles. The number of hydrogen-bond donors (Lipinski definition) is 2. The Morgan fingerprint density at radius 3 is 2.61 bits per heavy atom. The van der Waals surface area contributed by atoms with Crippen LogP contribution in [0.5, 0.6) is 0 Å². The largest absolute Gasteiger partial charge is 0.392 e. The van der Waals surface area contributed by atoms with Crippen LogP contribution in [0.3, 0.4) is 0 Å². The number of carbonyl (C=O) groups is 1. The third-order valence-corrected chi connectivity index (χ3v) is 4.02. The maximum absolute atomic E-state index is 11.6. The SMILES string of the molecule is CC(=C/CO)/C=C/C1(O)[C@@H](C)CC(=O)CC1(C)C. The third-order valence-electron chi connectivity index (χ3n) is 4.02. The summed E-state index contributed by atoms with van der Waals surface area (Å²) in [6.45, 7) is 7.63. The number of Topliss-reactive ketones (excluding diaryl/α,β-unsaturated/α-hetero) is 1. The van der Waals surface area contributed by atoms with Gasteiger partial charge in [-0.3, -0.25) is 4.79 Å². The number of aliphatic hydroxyl groups is 2. The van der Waals surface area contributed by atoms with Gasteiger partial charge in [-0.1, -0.05) is 44.6 Å². The smallest absolute Gasteiger partial charge is 0.133 e. The normalized spacial score (nSPS) is 33.1. The zero-order chi connectivity index (χ0) is 14.0. The molecular weight excluding hydrogens is 228 g/mol. The first-order chi connectivity index (χ1) is 8.23. The van der Waals surface area contributed by atoms with Crippen molar-refractivity contribution in [3.63, 3.8) is 0 Å². The highest BCUT2D eigenvalue weighted by Gasteiger charge is 2.50. The lowest BCUT2D eigenvalue weighted by Gasteiger charge is -2.48. The Morgan fingerprint density at radius 1 is 1.50 bits per heavy atom. The molecule has 3 heteroatoms. The minimum atomic E-state index is -0.981. The molecule has 3 nitrogen and oxygen atoms in total. The van der Waals surface area contributed by atoms with E-state index in [9.17, 15) is 9.90 Å². The highest BCUT2D eigenvalue weighted by Crippen LogP contribution is 2.46. The van der Waals surface area contributed by atoms with E-state index in [1.807, 2.05) is 33.8 Å². The van der Waals surface area contributed by atoms with E-state index in [1.165, 1.54) is 0 Å². The summed E-state index contributed by atoms with van der Waals surface area (Å²) in [4.78, 5) is 11.6. The fraction of sp³-hybridized carbons (Fsp3) is 0.667. The van der Waals surface area contributed by atoms with Gasteiger partial charge in [0.2, 0.25) is 0 Å². The third kappa shape index (κ3) is 2.90. The fourth-order valence-corrected chi connectivity index (χ4v) is 2.73. The summed E-state index contributed by atoms with van der Waals surface area (Å²) in [6.07, 6.45) is 6.12. The molecule has 0 heterocycles. The lowest BCUT2D eigenvalue weighted by Crippen LogP contribution is -2.53. The van der Waals surface area contributed by atoms with Crippen molar-refractivity contribution >= 4 is 5.78 Å². The zero-order valence-corrected chi connectivity index (χ0v) is 11.7. The number of carbonyl (C=O) groups excluding carboxylic acids is 1. The van der Waals surface area contributed by atoms with Gasteiger partial charge in [0.1, 0.15) is 5.78 Å². The first-order valence-electron chi connectivity index (χ1n) is 6.44. The molecule has 0 aromatic carbocycles. The van der Waals surface area contributed by atoms with Crippen LogP contribution in [0.25, 0.3) is 0 Å². The maximum Gasteiger partial charge on any atom is 0.133 e. The predicted molar refractivity (Wildman–Crippen MR) is 72.1 cm³/mol. The highest BCUT2D eigenvalue weighted by atomic mass is 16.3. The monoisotopic (exact) mass is 252 g/mol. The Balaban J connectivity index is 3.01. The highest BCUT2D eigenvalue weighted by molar-refractivity contribution is 5.81. The first kappa shape index (κ1) is 15.1. The molecule has 0 aliphatic heterocycles. The van der Waals surface area contributed by atoms with Gasteiger partial charge in [0.15, 0.2) is 0 Å². The predicted octanol–water partition coefficient (Wildman–Crippen LogP) is 2.24. The van der Waals surface area contributed by atoms with Crippen LogP contribution < -0.4 is 0 Å². The van der Waals surface area contributed by atoms with Gasteiger partial charge < -0.3 is 10.2 Å². The van der Waals surface area contributed by atoms with Gasteiger partial charge in [0.05, 0.1) is 12.2 Å². The molecule has 2 N–H and O–H groups in total. The van der Waals surface area contributed by atoms with E-state index in [-0.39, 0.29) is 18.3 Å². The summed E-state index contributed by atoms with van der Waals surface area (Å²) < 4.78 is 0. The van der Waals surface area contributed by atoms with Crippen molar-refractivity contribution in [3.05, 3.63) is 23.8 Å². The summed E-state index contributed by atoms with van der Waals surface area (Å²) in [6, 6.07) is 0. The van der Waals surface area contributed by atoms with Gasteiger partial charge in [-0.25, -0.2) is 0 Å². The number of aliphatic hydroxyl groups excluding tert-OH is 1. The zero-order valence-electron chi connectivity index (χ0n) is 11.7. The van der Waals surface area contributed by atoms with Gasteiger partial charge >= 0.3 is 0 Å². The van der Waals surface area contributed by atoms with Crippen LogP contribution in [0.2, 0.25) is 0 Å². The first-order valence-corrected chi connectivity index (χ1v) is 6.44. The molecule has 0 spiro atoms. The topological polar surface area (TPSA) is 57.5 Å². The summed E-state index contributed by atoms with van der Waals surface area (Å²) >= 11 is 0. The average Bonchev–Trinajstić information content (AvgIpc) is 2.23. The van der Waals surface area contributed by atoms with Gasteiger partial charge in [-0.2, -0.15) is 0 Å². The molecule has 1 rings (SSSR count). The van der Waals surface area contributed by atoms with Gasteiger partial charge in [-0.05, 0) is 12.8 Å². The van der Waals surface area contributed by atoms with Crippen LogP contribution in [0, 0.1) is 11.3 Å². The van der Waals surface area contributed by atoms with Crippen molar-refractivity contribution in [2.45, 2.75) is 46.1 Å².